The van der Waals surface area contributed by atoms with Crippen molar-refractivity contribution in [2.45, 2.75) is 25.7 Å². The van der Waals surface area contributed by atoms with Gasteiger partial charge in [0.25, 0.3) is 0 Å². The van der Waals surface area contributed by atoms with Crippen LogP contribution in [0.3, 0.4) is 0 Å². The fourth-order valence-corrected chi connectivity index (χ4v) is 5.07. The predicted molar refractivity (Wildman–Crippen MR) is 128 cm³/mol. The van der Waals surface area contributed by atoms with Crippen LogP contribution in [0, 0.1) is 17.2 Å². The van der Waals surface area contributed by atoms with Crippen molar-refractivity contribution in [3.8, 4) is 22.5 Å². The van der Waals surface area contributed by atoms with Crippen LogP contribution in [0.1, 0.15) is 25.1 Å². The Labute approximate surface area is 200 Å². The number of Topliss-reactive ketones (excluding diaryl/α,β-unsaturated/α-hetero) is 1. The van der Waals surface area contributed by atoms with E-state index in [1.165, 1.54) is 10.6 Å². The lowest BCUT2D eigenvalue weighted by Gasteiger charge is -2.26. The molecule has 1 aliphatic heterocycles. The highest BCUT2D eigenvalue weighted by Gasteiger charge is 2.48. The van der Waals surface area contributed by atoms with Gasteiger partial charge in [0.05, 0.1) is 11.4 Å². The van der Waals surface area contributed by atoms with E-state index in [2.05, 4.69) is 20.6 Å². The molecule has 9 heteroatoms. The number of carbonyl (C=O) groups is 1. The molecular weight excluding hydrogens is 447 g/mol. The zero-order chi connectivity index (χ0) is 24.0. The highest BCUT2D eigenvalue weighted by atomic mass is 19.1. The first-order chi connectivity index (χ1) is 17.0. The van der Waals surface area contributed by atoms with Gasteiger partial charge in [-0.1, -0.05) is 18.2 Å². The number of nitrogens with one attached hydrogen (secondary N) is 2. The van der Waals surface area contributed by atoms with Crippen molar-refractivity contribution in [3.63, 3.8) is 0 Å². The number of ketones is 1. The molecule has 6 rings (SSSR count). The van der Waals surface area contributed by atoms with Gasteiger partial charge in [0.2, 0.25) is 0 Å². The van der Waals surface area contributed by atoms with Crippen LogP contribution in [-0.2, 0) is 11.2 Å². The molecule has 0 unspecified atom stereocenters. The van der Waals surface area contributed by atoms with Gasteiger partial charge in [-0.2, -0.15) is 10.2 Å². The Balaban J connectivity index is 1.31. The third-order valence-electron chi connectivity index (χ3n) is 7.11. The summed E-state index contributed by atoms with van der Waals surface area (Å²) in [4.78, 5) is 25.8. The largest absolute Gasteiger partial charge is 0.348 e. The predicted octanol–water partition coefficient (Wildman–Crippen LogP) is 3.05. The second-order valence-electron chi connectivity index (χ2n) is 9.47. The minimum Gasteiger partial charge on any atom is -0.316 e. The molecule has 8 nitrogen and oxygen atoms in total. The van der Waals surface area contributed by atoms with E-state index in [0.29, 0.717) is 30.8 Å². The fourth-order valence-electron chi connectivity index (χ4n) is 5.07. The minimum atomic E-state index is -0.600. The quantitative estimate of drug-likeness (QED) is 0.431. The number of H-pyrrole nitrogens is 1. The molecule has 0 spiro atoms. The molecule has 1 saturated carbocycles. The highest BCUT2D eigenvalue weighted by molar-refractivity contribution is 5.89. The van der Waals surface area contributed by atoms with Crippen LogP contribution in [0.25, 0.3) is 22.5 Å². The minimum absolute atomic E-state index is 0.102. The van der Waals surface area contributed by atoms with E-state index < -0.39 is 16.9 Å². The molecular formula is C26H25FN6O2. The van der Waals surface area contributed by atoms with Crippen molar-refractivity contribution in [1.82, 2.24) is 29.9 Å². The molecule has 2 aromatic carbocycles. The topological polar surface area (TPSA) is 97.6 Å². The number of rotatable bonds is 7. The molecule has 0 bridgehead atoms. The fraction of sp³-hybridized carbons (Fsp3) is 0.308. The zero-order valence-electron chi connectivity index (χ0n) is 19.1. The maximum absolute atomic E-state index is 15.4. The maximum Gasteiger partial charge on any atom is 0.348 e. The molecule has 1 aliphatic carbocycles. The van der Waals surface area contributed by atoms with Gasteiger partial charge in [0.15, 0.2) is 0 Å². The summed E-state index contributed by atoms with van der Waals surface area (Å²) in [5.41, 5.74) is 1.44. The van der Waals surface area contributed by atoms with Gasteiger partial charge >= 0.3 is 5.69 Å². The molecule has 1 saturated heterocycles. The van der Waals surface area contributed by atoms with Gasteiger partial charge in [0, 0.05) is 36.7 Å². The summed E-state index contributed by atoms with van der Waals surface area (Å²) >= 11 is 0. The van der Waals surface area contributed by atoms with E-state index in [9.17, 15) is 9.59 Å². The molecule has 35 heavy (non-hydrogen) atoms. The first-order valence-electron chi connectivity index (χ1n) is 11.9. The van der Waals surface area contributed by atoms with E-state index >= 15 is 4.39 Å². The lowest BCUT2D eigenvalue weighted by Crippen LogP contribution is -2.38. The second kappa shape index (κ2) is 8.42. The van der Waals surface area contributed by atoms with Crippen LogP contribution < -0.4 is 11.0 Å². The number of hydrogen-bond donors (Lipinski definition) is 2. The molecule has 2 aromatic heterocycles. The van der Waals surface area contributed by atoms with Crippen molar-refractivity contribution in [2.75, 3.05) is 13.1 Å². The Bertz CT molecular complexity index is 1430. The molecule has 3 heterocycles. The average Bonchev–Trinajstić information content (AvgIpc) is 3.21. The van der Waals surface area contributed by atoms with Gasteiger partial charge in [-0.25, -0.2) is 23.5 Å². The number of benzene rings is 2. The highest BCUT2D eigenvalue weighted by Crippen LogP contribution is 2.42. The summed E-state index contributed by atoms with van der Waals surface area (Å²) in [5, 5.41) is 14.1. The number of aromatic amines is 1. The SMILES string of the molecule is O=C(C1CC1)[C@]1(Cc2n[nH]c(=O)n2-c2ccc(-c3ccc(-n4cccn4)cc3)cc2F)CCNC1. The van der Waals surface area contributed by atoms with Crippen LogP contribution in [0.5, 0.6) is 0 Å². The average molecular weight is 473 g/mol. The van der Waals surface area contributed by atoms with Crippen LogP contribution in [-0.4, -0.2) is 43.4 Å². The molecule has 178 valence electrons. The Morgan fingerprint density at radius 2 is 1.94 bits per heavy atom. The lowest BCUT2D eigenvalue weighted by molar-refractivity contribution is -0.129. The van der Waals surface area contributed by atoms with E-state index in [0.717, 1.165) is 30.6 Å². The van der Waals surface area contributed by atoms with Gasteiger partial charge in [-0.3, -0.25) is 4.79 Å². The molecule has 1 atom stereocenters. The molecule has 4 aromatic rings. The van der Waals surface area contributed by atoms with E-state index in [1.807, 2.05) is 36.5 Å². The lowest BCUT2D eigenvalue weighted by atomic mass is 9.77. The van der Waals surface area contributed by atoms with Crippen LogP contribution in [0.15, 0.2) is 65.7 Å². The van der Waals surface area contributed by atoms with Gasteiger partial charge in [-0.15, -0.1) is 0 Å². The Morgan fingerprint density at radius 3 is 2.60 bits per heavy atom. The zero-order valence-corrected chi connectivity index (χ0v) is 19.1. The monoisotopic (exact) mass is 472 g/mol. The van der Waals surface area contributed by atoms with Crippen molar-refractivity contribution >= 4 is 5.78 Å². The van der Waals surface area contributed by atoms with E-state index in [-0.39, 0.29) is 17.4 Å². The molecule has 2 fully saturated rings. The van der Waals surface area contributed by atoms with Crippen LogP contribution in [0.2, 0.25) is 0 Å². The third-order valence-corrected chi connectivity index (χ3v) is 7.11. The van der Waals surface area contributed by atoms with Crippen molar-refractivity contribution in [1.29, 1.82) is 0 Å². The van der Waals surface area contributed by atoms with Gasteiger partial charge in [0.1, 0.15) is 17.4 Å². The molecule has 0 radical (unpaired) electrons. The molecule has 2 aliphatic rings. The number of nitrogens with zero attached hydrogens (tertiary/aromatic N) is 4. The first kappa shape index (κ1) is 21.7. The number of carbonyl (C=O) groups excluding carboxylic acids is 1. The first-order valence-corrected chi connectivity index (χ1v) is 11.9. The van der Waals surface area contributed by atoms with Gasteiger partial charge in [-0.05, 0) is 67.3 Å². The summed E-state index contributed by atoms with van der Waals surface area (Å²) in [7, 11) is 0. The Kier molecular flexibility index (Phi) is 5.21. The number of aromatic nitrogens is 5. The summed E-state index contributed by atoms with van der Waals surface area (Å²) in [6.45, 7) is 1.30. The van der Waals surface area contributed by atoms with Crippen molar-refractivity contribution in [2.24, 2.45) is 11.3 Å². The Morgan fingerprint density at radius 1 is 1.14 bits per heavy atom. The van der Waals surface area contributed by atoms with Crippen LogP contribution >= 0.6 is 0 Å². The Hall–Kier alpha value is -3.85. The smallest absolute Gasteiger partial charge is 0.316 e. The summed E-state index contributed by atoms with van der Waals surface area (Å²) in [5.74, 6) is 0.182. The summed E-state index contributed by atoms with van der Waals surface area (Å²) in [6, 6.07) is 14.3. The maximum atomic E-state index is 15.4. The number of halogens is 1. The summed E-state index contributed by atoms with van der Waals surface area (Å²) in [6.07, 6.45) is 6.40. The van der Waals surface area contributed by atoms with Crippen molar-refractivity contribution < 1.29 is 9.18 Å². The van der Waals surface area contributed by atoms with E-state index in [1.54, 1.807) is 23.0 Å². The summed E-state index contributed by atoms with van der Waals surface area (Å²) < 4.78 is 18.4. The second-order valence-corrected chi connectivity index (χ2v) is 9.47. The molecule has 0 amide bonds. The van der Waals surface area contributed by atoms with Crippen molar-refractivity contribution in [3.05, 3.63) is 83.1 Å². The van der Waals surface area contributed by atoms with E-state index in [4.69, 9.17) is 0 Å². The number of hydrogen-bond acceptors (Lipinski definition) is 5. The third kappa shape index (κ3) is 3.91. The van der Waals surface area contributed by atoms with Gasteiger partial charge < -0.3 is 5.32 Å². The van der Waals surface area contributed by atoms with Crippen LogP contribution in [0.4, 0.5) is 4.39 Å². The molecule has 2 N–H and O–H groups in total. The normalized spacial score (nSPS) is 19.8. The standard InChI is InChI=1S/C26H25FN6O2/c27-21-14-19(17-4-7-20(8-5-17)32-13-1-11-29-32)6-9-22(21)33-23(30-31-25(33)35)15-26(10-12-28-16-26)24(34)18-2-3-18/h1,4-9,11,13-14,18,28H,2-3,10,12,15-16H2,(H,31,35)/t26-/m0/s1.